The van der Waals surface area contributed by atoms with Crippen LogP contribution in [0.1, 0.15) is 30.1 Å². The van der Waals surface area contributed by atoms with Gasteiger partial charge in [0, 0.05) is 26.5 Å². The maximum atomic E-state index is 9.01. The molecule has 1 aliphatic rings. The molecular weight excluding hydrogens is 294 g/mol. The summed E-state index contributed by atoms with van der Waals surface area (Å²) in [5.74, 6) is 0.933. The van der Waals surface area contributed by atoms with Crippen molar-refractivity contribution in [1.82, 2.24) is 19.7 Å². The van der Waals surface area contributed by atoms with Gasteiger partial charge in [0.15, 0.2) is 0 Å². The Morgan fingerprint density at radius 2 is 2.17 bits per heavy atom. The van der Waals surface area contributed by atoms with E-state index in [1.165, 1.54) is 6.20 Å². The molecule has 8 heteroatoms. The van der Waals surface area contributed by atoms with Gasteiger partial charge in [-0.2, -0.15) is 15.3 Å². The summed E-state index contributed by atoms with van der Waals surface area (Å²) < 4.78 is 7.38. The zero-order valence-electron chi connectivity index (χ0n) is 13.2. The molecule has 0 atom stereocenters. The third-order valence-corrected chi connectivity index (χ3v) is 3.87. The Hall–Kier alpha value is -2.66. The van der Waals surface area contributed by atoms with E-state index in [2.05, 4.69) is 31.8 Å². The van der Waals surface area contributed by atoms with Crippen molar-refractivity contribution in [2.24, 2.45) is 0 Å². The fraction of sp³-hybridized carbons (Fsp3) is 0.467. The summed E-state index contributed by atoms with van der Waals surface area (Å²) in [6.45, 7) is 3.49. The lowest BCUT2D eigenvalue weighted by Crippen LogP contribution is -2.19. The van der Waals surface area contributed by atoms with Gasteiger partial charge in [0.05, 0.1) is 23.6 Å². The van der Waals surface area contributed by atoms with Crippen molar-refractivity contribution >= 4 is 17.5 Å². The van der Waals surface area contributed by atoms with Gasteiger partial charge < -0.3 is 15.4 Å². The van der Waals surface area contributed by atoms with E-state index in [1.54, 1.807) is 7.05 Å². The number of nitrogens with one attached hydrogen (secondary N) is 2. The van der Waals surface area contributed by atoms with Crippen molar-refractivity contribution in [1.29, 1.82) is 5.26 Å². The van der Waals surface area contributed by atoms with Gasteiger partial charge in [-0.1, -0.05) is 0 Å². The number of aromatic nitrogens is 4. The second-order valence-corrected chi connectivity index (χ2v) is 5.39. The quantitative estimate of drug-likeness (QED) is 0.890. The number of hydrogen-bond donors (Lipinski definition) is 2. The standard InChI is InChI=1S/C15H19N7O/c1-10-13(9-22(21-10)12-3-5-23-6-4-12)19-15-18-8-11(7-16)14(17-2)20-15/h8-9,12H,3-6H2,1-2H3,(H2,17,18,19,20). The van der Waals surface area contributed by atoms with Gasteiger partial charge in [0.2, 0.25) is 5.95 Å². The number of ether oxygens (including phenoxy) is 1. The van der Waals surface area contributed by atoms with Crippen LogP contribution in [0.25, 0.3) is 0 Å². The summed E-state index contributed by atoms with van der Waals surface area (Å²) in [6, 6.07) is 2.42. The molecule has 3 heterocycles. The predicted octanol–water partition coefficient (Wildman–Crippen LogP) is 1.99. The highest BCUT2D eigenvalue weighted by Gasteiger charge is 2.18. The van der Waals surface area contributed by atoms with Crippen LogP contribution in [0.15, 0.2) is 12.4 Å². The molecule has 0 aliphatic carbocycles. The Morgan fingerprint density at radius 1 is 1.39 bits per heavy atom. The molecule has 8 nitrogen and oxygen atoms in total. The summed E-state index contributed by atoms with van der Waals surface area (Å²) >= 11 is 0. The number of nitriles is 1. The van der Waals surface area contributed by atoms with Crippen molar-refractivity contribution in [3.8, 4) is 6.07 Å². The van der Waals surface area contributed by atoms with Crippen molar-refractivity contribution in [2.75, 3.05) is 30.9 Å². The maximum absolute atomic E-state index is 9.01. The molecule has 0 radical (unpaired) electrons. The first kappa shape index (κ1) is 15.2. The molecule has 23 heavy (non-hydrogen) atoms. The van der Waals surface area contributed by atoms with E-state index >= 15 is 0 Å². The number of nitrogens with zero attached hydrogens (tertiary/aromatic N) is 5. The van der Waals surface area contributed by atoms with E-state index < -0.39 is 0 Å². The van der Waals surface area contributed by atoms with Gasteiger partial charge in [-0.05, 0) is 19.8 Å². The zero-order valence-corrected chi connectivity index (χ0v) is 13.2. The third kappa shape index (κ3) is 3.24. The lowest BCUT2D eigenvalue weighted by atomic mass is 10.1. The Balaban J connectivity index is 1.80. The molecule has 0 amide bonds. The number of aryl methyl sites for hydroxylation is 1. The Morgan fingerprint density at radius 3 is 2.87 bits per heavy atom. The summed E-state index contributed by atoms with van der Waals surface area (Å²) in [6.07, 6.45) is 5.42. The normalized spacial score (nSPS) is 15.2. The van der Waals surface area contributed by atoms with E-state index in [0.29, 0.717) is 23.4 Å². The first-order valence-electron chi connectivity index (χ1n) is 7.56. The molecule has 1 saturated heterocycles. The monoisotopic (exact) mass is 313 g/mol. The van der Waals surface area contributed by atoms with Crippen molar-refractivity contribution in [3.63, 3.8) is 0 Å². The SMILES string of the molecule is CNc1nc(Nc2cn(C3CCOCC3)nc2C)ncc1C#N. The average molecular weight is 313 g/mol. The molecule has 0 bridgehead atoms. The molecule has 1 fully saturated rings. The molecule has 0 aromatic carbocycles. The van der Waals surface area contributed by atoms with Crippen molar-refractivity contribution < 1.29 is 4.74 Å². The van der Waals surface area contributed by atoms with Crippen molar-refractivity contribution in [2.45, 2.75) is 25.8 Å². The first-order valence-corrected chi connectivity index (χ1v) is 7.56. The van der Waals surface area contributed by atoms with Crippen LogP contribution in [0.3, 0.4) is 0 Å². The highest BCUT2D eigenvalue weighted by molar-refractivity contribution is 5.59. The van der Waals surface area contributed by atoms with Crippen LogP contribution >= 0.6 is 0 Å². The molecule has 2 N–H and O–H groups in total. The molecule has 0 spiro atoms. The summed E-state index contributed by atoms with van der Waals surface area (Å²) in [5.41, 5.74) is 2.16. The Kier molecular flexibility index (Phi) is 4.39. The Labute approximate surface area is 134 Å². The van der Waals surface area contributed by atoms with Gasteiger partial charge in [-0.25, -0.2) is 4.98 Å². The minimum atomic E-state index is 0.368. The van der Waals surface area contributed by atoms with E-state index in [0.717, 1.165) is 37.4 Å². The fourth-order valence-electron chi connectivity index (χ4n) is 2.58. The molecule has 3 rings (SSSR count). The number of hydrogen-bond acceptors (Lipinski definition) is 7. The molecule has 120 valence electrons. The lowest BCUT2D eigenvalue weighted by molar-refractivity contribution is 0.0662. The predicted molar refractivity (Wildman–Crippen MR) is 85.6 cm³/mol. The molecule has 0 unspecified atom stereocenters. The van der Waals surface area contributed by atoms with Crippen molar-refractivity contribution in [3.05, 3.63) is 23.7 Å². The van der Waals surface area contributed by atoms with Crippen LogP contribution < -0.4 is 10.6 Å². The summed E-state index contributed by atoms with van der Waals surface area (Å²) in [4.78, 5) is 8.48. The van der Waals surface area contributed by atoms with Crippen LogP contribution in [0.2, 0.25) is 0 Å². The number of rotatable bonds is 4. The van der Waals surface area contributed by atoms with Crippen LogP contribution in [-0.4, -0.2) is 40.0 Å². The summed E-state index contributed by atoms with van der Waals surface area (Å²) in [7, 11) is 1.72. The first-order chi connectivity index (χ1) is 11.2. The number of anilines is 3. The van der Waals surface area contributed by atoms with Crippen LogP contribution in [0.4, 0.5) is 17.5 Å². The molecule has 2 aromatic heterocycles. The molecular formula is C15H19N7O. The van der Waals surface area contributed by atoms with Gasteiger partial charge in [0.1, 0.15) is 17.5 Å². The highest BCUT2D eigenvalue weighted by Crippen LogP contribution is 2.25. The highest BCUT2D eigenvalue weighted by atomic mass is 16.5. The zero-order chi connectivity index (χ0) is 16.2. The largest absolute Gasteiger partial charge is 0.381 e. The van der Waals surface area contributed by atoms with Crippen LogP contribution in [-0.2, 0) is 4.74 Å². The third-order valence-electron chi connectivity index (χ3n) is 3.87. The smallest absolute Gasteiger partial charge is 0.229 e. The average Bonchev–Trinajstić information content (AvgIpc) is 2.96. The van der Waals surface area contributed by atoms with E-state index in [1.807, 2.05) is 17.8 Å². The Bertz CT molecular complexity index is 728. The summed E-state index contributed by atoms with van der Waals surface area (Å²) in [5, 5.41) is 19.7. The van der Waals surface area contributed by atoms with Gasteiger partial charge >= 0.3 is 0 Å². The minimum absolute atomic E-state index is 0.368. The van der Waals surface area contributed by atoms with Crippen LogP contribution in [0, 0.1) is 18.3 Å². The topological polar surface area (TPSA) is 101 Å². The van der Waals surface area contributed by atoms with Gasteiger partial charge in [-0.3, -0.25) is 4.68 Å². The maximum Gasteiger partial charge on any atom is 0.229 e. The fourth-order valence-corrected chi connectivity index (χ4v) is 2.58. The molecule has 1 aliphatic heterocycles. The molecule has 0 saturated carbocycles. The second-order valence-electron chi connectivity index (χ2n) is 5.39. The van der Waals surface area contributed by atoms with Gasteiger partial charge in [-0.15, -0.1) is 0 Å². The van der Waals surface area contributed by atoms with E-state index in [-0.39, 0.29) is 0 Å². The van der Waals surface area contributed by atoms with E-state index in [4.69, 9.17) is 10.00 Å². The van der Waals surface area contributed by atoms with E-state index in [9.17, 15) is 0 Å². The minimum Gasteiger partial charge on any atom is -0.381 e. The van der Waals surface area contributed by atoms with Gasteiger partial charge in [0.25, 0.3) is 0 Å². The second kappa shape index (κ2) is 6.62. The van der Waals surface area contributed by atoms with Crippen LogP contribution in [0.5, 0.6) is 0 Å². The molecule has 2 aromatic rings. The lowest BCUT2D eigenvalue weighted by Gasteiger charge is -2.22.